The summed E-state index contributed by atoms with van der Waals surface area (Å²) in [6, 6.07) is 5.47. The molecule has 1 atom stereocenters. The van der Waals surface area contributed by atoms with Crippen LogP contribution in [0.15, 0.2) is 24.4 Å². The molecule has 1 saturated heterocycles. The lowest BCUT2D eigenvalue weighted by Crippen LogP contribution is -2.32. The summed E-state index contributed by atoms with van der Waals surface area (Å²) < 4.78 is 5.50. The van der Waals surface area contributed by atoms with E-state index >= 15 is 0 Å². The maximum Gasteiger partial charge on any atom is 0.270 e. The molecule has 6 nitrogen and oxygen atoms in total. The van der Waals surface area contributed by atoms with Crippen molar-refractivity contribution in [1.82, 2.24) is 15.3 Å². The number of ether oxygens (including phenoxy) is 1. The molecule has 0 radical (unpaired) electrons. The summed E-state index contributed by atoms with van der Waals surface area (Å²) >= 11 is 6.30. The molecule has 1 unspecified atom stereocenters. The van der Waals surface area contributed by atoms with Gasteiger partial charge in [-0.3, -0.25) is 4.79 Å². The topological polar surface area (TPSA) is 76.1 Å². The van der Waals surface area contributed by atoms with Crippen molar-refractivity contribution >= 4 is 29.1 Å². The third kappa shape index (κ3) is 4.46. The first-order chi connectivity index (χ1) is 12.0. The van der Waals surface area contributed by atoms with Crippen LogP contribution < -0.4 is 10.6 Å². The number of amides is 1. The molecule has 2 heterocycles. The molecule has 0 saturated carbocycles. The molecule has 0 spiro atoms. The second-order valence-corrected chi connectivity index (χ2v) is 6.58. The van der Waals surface area contributed by atoms with Crippen molar-refractivity contribution in [1.29, 1.82) is 0 Å². The van der Waals surface area contributed by atoms with Crippen molar-refractivity contribution in [2.75, 3.05) is 18.5 Å². The van der Waals surface area contributed by atoms with Crippen LogP contribution in [0.25, 0.3) is 0 Å². The van der Waals surface area contributed by atoms with Gasteiger partial charge in [0.2, 0.25) is 5.95 Å². The van der Waals surface area contributed by atoms with E-state index in [0.29, 0.717) is 23.2 Å². The first-order valence-electron chi connectivity index (χ1n) is 8.29. The maximum absolute atomic E-state index is 12.3. The average molecular weight is 361 g/mol. The number of nitrogens with one attached hydrogen (secondary N) is 2. The van der Waals surface area contributed by atoms with Crippen molar-refractivity contribution < 1.29 is 9.53 Å². The lowest BCUT2D eigenvalue weighted by Gasteiger charge is -2.13. The molecular formula is C18H21ClN4O2. The summed E-state index contributed by atoms with van der Waals surface area (Å²) in [5.74, 6) is 0.0892. The van der Waals surface area contributed by atoms with Gasteiger partial charge in [0.15, 0.2) is 0 Å². The summed E-state index contributed by atoms with van der Waals surface area (Å²) in [7, 11) is 0. The molecule has 1 fully saturated rings. The number of halogens is 1. The van der Waals surface area contributed by atoms with Crippen molar-refractivity contribution in [2.45, 2.75) is 32.8 Å². The van der Waals surface area contributed by atoms with E-state index in [0.717, 1.165) is 36.3 Å². The van der Waals surface area contributed by atoms with Gasteiger partial charge in [-0.1, -0.05) is 17.7 Å². The first-order valence-corrected chi connectivity index (χ1v) is 8.67. The predicted octanol–water partition coefficient (Wildman–Crippen LogP) is 3.40. The lowest BCUT2D eigenvalue weighted by molar-refractivity contribution is 0.0853. The van der Waals surface area contributed by atoms with Crippen LogP contribution in [-0.4, -0.2) is 35.1 Å². The molecule has 0 bridgehead atoms. The number of aromatic nitrogens is 2. The molecule has 25 heavy (non-hydrogen) atoms. The van der Waals surface area contributed by atoms with Gasteiger partial charge in [0.1, 0.15) is 5.69 Å². The van der Waals surface area contributed by atoms with Crippen LogP contribution in [0.3, 0.4) is 0 Å². The quantitative estimate of drug-likeness (QED) is 0.854. The molecule has 1 aromatic heterocycles. The minimum absolute atomic E-state index is 0.0948. The van der Waals surface area contributed by atoms with Gasteiger partial charge >= 0.3 is 0 Å². The van der Waals surface area contributed by atoms with Gasteiger partial charge in [0.05, 0.1) is 16.8 Å². The molecule has 1 aliphatic rings. The van der Waals surface area contributed by atoms with E-state index in [1.54, 1.807) is 12.3 Å². The molecular weight excluding hydrogens is 340 g/mol. The Balaban J connectivity index is 1.70. The molecule has 0 aliphatic carbocycles. The molecule has 132 valence electrons. The standard InChI is InChI=1S/C18H21ClN4O2/c1-11-8-12(2)16(14(19)9-11)23-18-20-6-5-15(22-18)17(24)21-10-13-4-3-7-25-13/h5-6,8-9,13H,3-4,7,10H2,1-2H3,(H,21,24)(H,20,22,23). The van der Waals surface area contributed by atoms with Crippen LogP contribution in [0.2, 0.25) is 5.02 Å². The predicted molar refractivity (Wildman–Crippen MR) is 97.5 cm³/mol. The molecule has 7 heteroatoms. The number of hydrogen-bond donors (Lipinski definition) is 2. The average Bonchev–Trinajstić information content (AvgIpc) is 3.10. The number of nitrogens with zero attached hydrogens (tertiary/aromatic N) is 2. The second-order valence-electron chi connectivity index (χ2n) is 6.17. The minimum Gasteiger partial charge on any atom is -0.376 e. The van der Waals surface area contributed by atoms with Gasteiger partial charge in [-0.05, 0) is 49.9 Å². The molecule has 2 N–H and O–H groups in total. The Hall–Kier alpha value is -2.18. The fourth-order valence-electron chi connectivity index (χ4n) is 2.83. The highest BCUT2D eigenvalue weighted by Gasteiger charge is 2.17. The van der Waals surface area contributed by atoms with Crippen molar-refractivity contribution in [2.24, 2.45) is 0 Å². The van der Waals surface area contributed by atoms with Gasteiger partial charge in [-0.15, -0.1) is 0 Å². The number of anilines is 2. The van der Waals surface area contributed by atoms with Gasteiger partial charge in [-0.25, -0.2) is 9.97 Å². The smallest absolute Gasteiger partial charge is 0.270 e. The van der Waals surface area contributed by atoms with Crippen molar-refractivity contribution in [3.63, 3.8) is 0 Å². The van der Waals surface area contributed by atoms with Crippen molar-refractivity contribution in [3.05, 3.63) is 46.2 Å². The second kappa shape index (κ2) is 7.80. The van der Waals surface area contributed by atoms with Gasteiger partial charge in [0.25, 0.3) is 5.91 Å². The number of rotatable bonds is 5. The van der Waals surface area contributed by atoms with Crippen LogP contribution in [-0.2, 0) is 4.74 Å². The highest BCUT2D eigenvalue weighted by atomic mass is 35.5. The monoisotopic (exact) mass is 360 g/mol. The van der Waals surface area contributed by atoms with Gasteiger partial charge < -0.3 is 15.4 Å². The normalized spacial score (nSPS) is 16.7. The summed E-state index contributed by atoms with van der Waals surface area (Å²) in [5.41, 5.74) is 3.11. The van der Waals surface area contributed by atoms with Crippen molar-refractivity contribution in [3.8, 4) is 0 Å². The van der Waals surface area contributed by atoms with E-state index < -0.39 is 0 Å². The van der Waals surface area contributed by atoms with Crippen LogP contribution in [0, 0.1) is 13.8 Å². The summed E-state index contributed by atoms with van der Waals surface area (Å²) in [5, 5.41) is 6.55. The zero-order chi connectivity index (χ0) is 17.8. The highest BCUT2D eigenvalue weighted by Crippen LogP contribution is 2.29. The Bertz CT molecular complexity index is 752. The summed E-state index contributed by atoms with van der Waals surface area (Å²) in [4.78, 5) is 20.7. The highest BCUT2D eigenvalue weighted by molar-refractivity contribution is 6.33. The molecule has 1 aliphatic heterocycles. The van der Waals surface area contributed by atoms with E-state index in [-0.39, 0.29) is 12.0 Å². The third-order valence-corrected chi connectivity index (χ3v) is 4.37. The fourth-order valence-corrected chi connectivity index (χ4v) is 3.20. The summed E-state index contributed by atoms with van der Waals surface area (Å²) in [6.45, 7) is 5.20. The Morgan fingerprint density at radius 2 is 2.24 bits per heavy atom. The van der Waals surface area contributed by atoms with Gasteiger partial charge in [0, 0.05) is 19.3 Å². The lowest BCUT2D eigenvalue weighted by atomic mass is 10.1. The Morgan fingerprint density at radius 1 is 1.40 bits per heavy atom. The van der Waals surface area contributed by atoms with Crippen LogP contribution in [0.1, 0.15) is 34.5 Å². The zero-order valence-corrected chi connectivity index (χ0v) is 15.1. The van der Waals surface area contributed by atoms with Crippen LogP contribution in [0.4, 0.5) is 11.6 Å². The van der Waals surface area contributed by atoms with E-state index in [9.17, 15) is 4.79 Å². The molecule has 3 rings (SSSR count). The fraction of sp³-hybridized carbons (Fsp3) is 0.389. The van der Waals surface area contributed by atoms with Gasteiger partial charge in [-0.2, -0.15) is 0 Å². The summed E-state index contributed by atoms with van der Waals surface area (Å²) in [6.07, 6.45) is 3.66. The van der Waals surface area contributed by atoms with E-state index in [1.165, 1.54) is 0 Å². The zero-order valence-electron chi connectivity index (χ0n) is 14.3. The minimum atomic E-state index is -0.243. The van der Waals surface area contributed by atoms with E-state index in [1.807, 2.05) is 26.0 Å². The largest absolute Gasteiger partial charge is 0.376 e. The Kier molecular flexibility index (Phi) is 5.50. The number of aryl methyl sites for hydroxylation is 2. The van der Waals surface area contributed by atoms with Crippen LogP contribution >= 0.6 is 11.6 Å². The van der Waals surface area contributed by atoms with E-state index in [2.05, 4.69) is 20.6 Å². The number of hydrogen-bond acceptors (Lipinski definition) is 5. The molecule has 1 aromatic carbocycles. The van der Waals surface area contributed by atoms with E-state index in [4.69, 9.17) is 16.3 Å². The molecule has 2 aromatic rings. The molecule has 1 amide bonds. The maximum atomic E-state index is 12.3. The Labute approximate surface area is 152 Å². The number of benzene rings is 1. The Morgan fingerprint density at radius 3 is 2.96 bits per heavy atom. The first kappa shape index (κ1) is 17.6. The van der Waals surface area contributed by atoms with Crippen LogP contribution in [0.5, 0.6) is 0 Å². The third-order valence-electron chi connectivity index (χ3n) is 4.07. The number of carbonyl (C=O) groups excluding carboxylic acids is 1. The number of carbonyl (C=O) groups is 1. The SMILES string of the molecule is Cc1cc(C)c(Nc2nccc(C(=O)NCC3CCCO3)n2)c(Cl)c1.